The third-order valence-electron chi connectivity index (χ3n) is 4.97. The molecule has 0 aliphatic carbocycles. The van der Waals surface area contributed by atoms with Crippen molar-refractivity contribution in [3.05, 3.63) is 47.6 Å². The van der Waals surface area contributed by atoms with Crippen molar-refractivity contribution in [1.29, 1.82) is 5.41 Å². The molecule has 3 heterocycles. The van der Waals surface area contributed by atoms with Gasteiger partial charge < -0.3 is 19.4 Å². The second-order valence-electron chi connectivity index (χ2n) is 6.82. The Morgan fingerprint density at radius 2 is 2.23 bits per heavy atom. The summed E-state index contributed by atoms with van der Waals surface area (Å²) in [4.78, 5) is 9.35. The first-order valence-corrected chi connectivity index (χ1v) is 9.13. The molecule has 0 atom stereocenters. The Morgan fingerprint density at radius 3 is 3.00 bits per heavy atom. The van der Waals surface area contributed by atoms with Crippen LogP contribution in [0.25, 0.3) is 6.08 Å². The lowest BCUT2D eigenvalue weighted by molar-refractivity contribution is 0.130. The summed E-state index contributed by atoms with van der Waals surface area (Å²) in [6.45, 7) is 4.38. The predicted octanol–water partition coefficient (Wildman–Crippen LogP) is 3.27. The molecular weight excluding hydrogens is 328 g/mol. The van der Waals surface area contributed by atoms with Crippen molar-refractivity contribution < 1.29 is 9.47 Å². The van der Waals surface area contributed by atoms with Crippen LogP contribution in [0.1, 0.15) is 31.2 Å². The average Bonchev–Trinajstić information content (AvgIpc) is 3.33. The Bertz CT molecular complexity index is 805. The molecule has 0 amide bonds. The summed E-state index contributed by atoms with van der Waals surface area (Å²) in [6, 6.07) is 6.15. The number of aromatic amines is 1. The van der Waals surface area contributed by atoms with Gasteiger partial charge in [-0.05, 0) is 30.2 Å². The number of H-pyrrole nitrogens is 1. The molecule has 0 bridgehead atoms. The number of nitrogens with zero attached hydrogens (tertiary/aromatic N) is 2. The smallest absolute Gasteiger partial charge is 0.130 e. The van der Waals surface area contributed by atoms with E-state index < -0.39 is 0 Å². The number of hydrogen-bond donors (Lipinski definition) is 2. The quantitative estimate of drug-likeness (QED) is 0.654. The number of fused-ring (bicyclic) bond motifs is 1. The number of imidazole rings is 1. The van der Waals surface area contributed by atoms with Crippen LogP contribution in [0.3, 0.4) is 0 Å². The van der Waals surface area contributed by atoms with E-state index in [0.717, 1.165) is 61.9 Å². The van der Waals surface area contributed by atoms with E-state index in [9.17, 15) is 0 Å². The van der Waals surface area contributed by atoms with Crippen molar-refractivity contribution in [2.75, 3.05) is 19.7 Å². The van der Waals surface area contributed by atoms with Gasteiger partial charge in [-0.15, -0.1) is 0 Å². The number of nitrogens with one attached hydrogen (secondary N) is 2. The first-order chi connectivity index (χ1) is 12.7. The molecule has 0 unspecified atom stereocenters. The highest BCUT2D eigenvalue weighted by Gasteiger charge is 2.23. The van der Waals surface area contributed by atoms with Crippen LogP contribution in [0.4, 0.5) is 0 Å². The van der Waals surface area contributed by atoms with Gasteiger partial charge in [-0.1, -0.05) is 6.07 Å². The van der Waals surface area contributed by atoms with Gasteiger partial charge in [0.05, 0.1) is 6.61 Å². The lowest BCUT2D eigenvalue weighted by atomic mass is 10.1. The molecule has 0 radical (unpaired) electrons. The van der Waals surface area contributed by atoms with Crippen LogP contribution in [0, 0.1) is 5.41 Å². The zero-order valence-corrected chi connectivity index (χ0v) is 15.0. The number of rotatable bonds is 4. The standard InChI is InChI=1S/C20H24N4O2/c1-14(12-19-22-7-8-23-19)20(21)24-9-4-16(5-10-24)26-17-3-2-15-6-11-25-18(15)13-17/h2-3,7-8,12-13,16,21H,4-6,9-11H2,1H3,(H,22,23)/b14-12-,21-20?. The van der Waals surface area contributed by atoms with Crippen LogP contribution in [0.2, 0.25) is 0 Å². The molecule has 2 aliphatic rings. The minimum absolute atomic E-state index is 0.188. The van der Waals surface area contributed by atoms with E-state index in [0.29, 0.717) is 5.84 Å². The lowest BCUT2D eigenvalue weighted by Crippen LogP contribution is -2.41. The Morgan fingerprint density at radius 1 is 1.38 bits per heavy atom. The van der Waals surface area contributed by atoms with Gasteiger partial charge in [0.25, 0.3) is 0 Å². The van der Waals surface area contributed by atoms with E-state index >= 15 is 0 Å². The van der Waals surface area contributed by atoms with Crippen LogP contribution in [-0.2, 0) is 6.42 Å². The van der Waals surface area contributed by atoms with Gasteiger partial charge in [-0.25, -0.2) is 4.98 Å². The van der Waals surface area contributed by atoms with E-state index in [2.05, 4.69) is 20.9 Å². The van der Waals surface area contributed by atoms with Gasteiger partial charge in [0.15, 0.2) is 0 Å². The maximum atomic E-state index is 8.42. The molecule has 2 aromatic rings. The average molecular weight is 352 g/mol. The molecule has 136 valence electrons. The SMILES string of the molecule is C/C(=C/c1ncc[nH]1)C(=N)N1CCC(Oc2ccc3c(c2)OCC3)CC1. The number of amidine groups is 1. The maximum Gasteiger partial charge on any atom is 0.130 e. The van der Waals surface area contributed by atoms with E-state index in [1.807, 2.05) is 25.1 Å². The number of piperidine rings is 1. The summed E-state index contributed by atoms with van der Waals surface area (Å²) < 4.78 is 11.8. The number of hydrogen-bond acceptors (Lipinski definition) is 4. The molecule has 4 rings (SSSR count). The first-order valence-electron chi connectivity index (χ1n) is 9.13. The van der Waals surface area contributed by atoms with Crippen LogP contribution in [0.5, 0.6) is 11.5 Å². The Hall–Kier alpha value is -2.76. The molecule has 6 nitrogen and oxygen atoms in total. The summed E-state index contributed by atoms with van der Waals surface area (Å²) in [5.41, 5.74) is 2.18. The molecule has 1 aromatic heterocycles. The number of aromatic nitrogens is 2. The predicted molar refractivity (Wildman–Crippen MR) is 101 cm³/mol. The van der Waals surface area contributed by atoms with E-state index in [4.69, 9.17) is 14.9 Å². The fourth-order valence-electron chi connectivity index (χ4n) is 3.49. The fraction of sp³-hybridized carbons (Fsp3) is 0.400. The van der Waals surface area contributed by atoms with Crippen molar-refractivity contribution in [3.8, 4) is 11.5 Å². The highest BCUT2D eigenvalue weighted by Crippen LogP contribution is 2.30. The summed E-state index contributed by atoms with van der Waals surface area (Å²) in [7, 11) is 0. The topological polar surface area (TPSA) is 74.2 Å². The molecule has 0 spiro atoms. The van der Waals surface area contributed by atoms with Crippen LogP contribution >= 0.6 is 0 Å². The van der Waals surface area contributed by atoms with Crippen molar-refractivity contribution in [2.24, 2.45) is 0 Å². The molecule has 1 saturated heterocycles. The molecule has 1 fully saturated rings. The van der Waals surface area contributed by atoms with Gasteiger partial charge >= 0.3 is 0 Å². The Kier molecular flexibility index (Phi) is 4.65. The highest BCUT2D eigenvalue weighted by atomic mass is 16.5. The normalized spacial score (nSPS) is 17.7. The molecule has 2 N–H and O–H groups in total. The summed E-state index contributed by atoms with van der Waals surface area (Å²) in [5.74, 6) is 3.18. The maximum absolute atomic E-state index is 8.42. The second-order valence-corrected chi connectivity index (χ2v) is 6.82. The van der Waals surface area contributed by atoms with E-state index in [1.54, 1.807) is 12.4 Å². The third-order valence-corrected chi connectivity index (χ3v) is 4.97. The highest BCUT2D eigenvalue weighted by molar-refractivity contribution is 5.99. The molecule has 6 heteroatoms. The minimum Gasteiger partial charge on any atom is -0.493 e. The van der Waals surface area contributed by atoms with Gasteiger partial charge in [0.1, 0.15) is 29.3 Å². The fourth-order valence-corrected chi connectivity index (χ4v) is 3.49. The van der Waals surface area contributed by atoms with E-state index in [-0.39, 0.29) is 6.10 Å². The number of benzene rings is 1. The zero-order valence-electron chi connectivity index (χ0n) is 15.0. The van der Waals surface area contributed by atoms with Gasteiger partial charge in [-0.2, -0.15) is 0 Å². The second kappa shape index (κ2) is 7.23. The van der Waals surface area contributed by atoms with Gasteiger partial charge in [-0.3, -0.25) is 5.41 Å². The number of likely N-dealkylation sites (tertiary alicyclic amines) is 1. The van der Waals surface area contributed by atoms with Crippen LogP contribution in [-0.4, -0.2) is 46.5 Å². The Balaban J connectivity index is 1.32. The van der Waals surface area contributed by atoms with Crippen molar-refractivity contribution in [3.63, 3.8) is 0 Å². The van der Waals surface area contributed by atoms with E-state index in [1.165, 1.54) is 5.56 Å². The molecule has 0 saturated carbocycles. The van der Waals surface area contributed by atoms with Crippen molar-refractivity contribution >= 4 is 11.9 Å². The zero-order chi connectivity index (χ0) is 17.9. The summed E-state index contributed by atoms with van der Waals surface area (Å²) >= 11 is 0. The monoisotopic (exact) mass is 352 g/mol. The minimum atomic E-state index is 0.188. The van der Waals surface area contributed by atoms with Crippen molar-refractivity contribution in [1.82, 2.24) is 14.9 Å². The molecular formula is C20H24N4O2. The molecule has 1 aromatic carbocycles. The summed E-state index contributed by atoms with van der Waals surface area (Å²) in [6.07, 6.45) is 8.41. The van der Waals surface area contributed by atoms with Crippen LogP contribution < -0.4 is 9.47 Å². The Labute approximate surface area is 153 Å². The molecule has 26 heavy (non-hydrogen) atoms. The van der Waals surface area contributed by atoms with Gasteiger partial charge in [0, 0.05) is 50.8 Å². The van der Waals surface area contributed by atoms with Gasteiger partial charge in [0.2, 0.25) is 0 Å². The first kappa shape index (κ1) is 16.7. The number of ether oxygens (including phenoxy) is 2. The third kappa shape index (κ3) is 3.59. The van der Waals surface area contributed by atoms with Crippen LogP contribution in [0.15, 0.2) is 36.2 Å². The summed E-state index contributed by atoms with van der Waals surface area (Å²) in [5, 5.41) is 8.42. The van der Waals surface area contributed by atoms with Crippen molar-refractivity contribution in [2.45, 2.75) is 32.3 Å². The lowest BCUT2D eigenvalue weighted by Gasteiger charge is -2.34. The molecule has 2 aliphatic heterocycles. The largest absolute Gasteiger partial charge is 0.493 e.